The topological polar surface area (TPSA) is 55.8 Å². The van der Waals surface area contributed by atoms with Crippen molar-refractivity contribution in [2.24, 2.45) is 0 Å². The van der Waals surface area contributed by atoms with Gasteiger partial charge in [-0.25, -0.2) is 4.79 Å². The number of ether oxygens (including phenoxy) is 2. The average molecular weight is 375 g/mol. The Balaban J connectivity index is 1.62. The third-order valence-corrected chi connectivity index (χ3v) is 4.37. The van der Waals surface area contributed by atoms with Crippen LogP contribution in [0.2, 0.25) is 0 Å². The Kier molecular flexibility index (Phi) is 5.69. The van der Waals surface area contributed by atoms with Crippen LogP contribution in [0.15, 0.2) is 48.5 Å². The number of esters is 1. The van der Waals surface area contributed by atoms with Gasteiger partial charge >= 0.3 is 12.6 Å². The normalized spacial score (nSPS) is 14.4. The van der Waals surface area contributed by atoms with Crippen LogP contribution in [0.5, 0.6) is 5.75 Å². The van der Waals surface area contributed by atoms with Crippen molar-refractivity contribution in [1.29, 1.82) is 0 Å². The minimum Gasteiger partial charge on any atom is -0.449 e. The van der Waals surface area contributed by atoms with E-state index in [-0.39, 0.29) is 17.2 Å². The van der Waals surface area contributed by atoms with Gasteiger partial charge in [-0.05, 0) is 42.7 Å². The lowest BCUT2D eigenvalue weighted by molar-refractivity contribution is -0.140. The molecule has 0 N–H and O–H groups in total. The monoisotopic (exact) mass is 375 g/mol. The van der Waals surface area contributed by atoms with E-state index in [2.05, 4.69) is 4.74 Å². The summed E-state index contributed by atoms with van der Waals surface area (Å²) in [4.78, 5) is 26.5. The van der Waals surface area contributed by atoms with Crippen molar-refractivity contribution >= 4 is 11.9 Å². The maximum absolute atomic E-state index is 12.6. The highest BCUT2D eigenvalue weighted by Gasteiger charge is 2.27. The summed E-state index contributed by atoms with van der Waals surface area (Å²) >= 11 is 0. The van der Waals surface area contributed by atoms with Gasteiger partial charge in [-0.15, -0.1) is 0 Å². The molecular formula is C20H19F2NO4. The number of rotatable bonds is 5. The summed E-state index contributed by atoms with van der Waals surface area (Å²) < 4.78 is 34.1. The molecule has 0 bridgehead atoms. The number of carbonyl (C=O) groups is 2. The number of hydrogen-bond donors (Lipinski definition) is 0. The van der Waals surface area contributed by atoms with Crippen LogP contribution in [-0.2, 0) is 22.5 Å². The van der Waals surface area contributed by atoms with E-state index in [4.69, 9.17) is 4.74 Å². The molecule has 142 valence electrons. The smallest absolute Gasteiger partial charge is 0.387 e. The SMILES string of the molecule is CC(OC(=O)c1cccc(OC(F)F)c1)C(=O)N1CCc2ccccc2C1. The first kappa shape index (κ1) is 18.8. The minimum absolute atomic E-state index is 0.0387. The van der Waals surface area contributed by atoms with Crippen LogP contribution in [0.4, 0.5) is 8.78 Å². The largest absolute Gasteiger partial charge is 0.449 e. The van der Waals surface area contributed by atoms with Gasteiger partial charge in [0.05, 0.1) is 5.56 Å². The van der Waals surface area contributed by atoms with Gasteiger partial charge in [0.15, 0.2) is 6.10 Å². The van der Waals surface area contributed by atoms with Crippen LogP contribution in [0.1, 0.15) is 28.4 Å². The highest BCUT2D eigenvalue weighted by Crippen LogP contribution is 2.20. The third kappa shape index (κ3) is 4.61. The fraction of sp³-hybridized carbons (Fsp3) is 0.300. The van der Waals surface area contributed by atoms with Crippen LogP contribution >= 0.6 is 0 Å². The van der Waals surface area contributed by atoms with Gasteiger partial charge in [-0.2, -0.15) is 8.78 Å². The van der Waals surface area contributed by atoms with E-state index < -0.39 is 18.7 Å². The van der Waals surface area contributed by atoms with Gasteiger partial charge in [0.2, 0.25) is 0 Å². The van der Waals surface area contributed by atoms with Crippen molar-refractivity contribution in [3.05, 3.63) is 65.2 Å². The Labute approximate surface area is 155 Å². The van der Waals surface area contributed by atoms with E-state index in [1.54, 1.807) is 4.90 Å². The van der Waals surface area contributed by atoms with Crippen LogP contribution in [0, 0.1) is 0 Å². The maximum Gasteiger partial charge on any atom is 0.387 e. The Morgan fingerprint density at radius 2 is 1.81 bits per heavy atom. The predicted molar refractivity (Wildman–Crippen MR) is 93.5 cm³/mol. The maximum atomic E-state index is 12.6. The van der Waals surface area contributed by atoms with Crippen LogP contribution in [0.3, 0.4) is 0 Å². The van der Waals surface area contributed by atoms with Gasteiger partial charge in [-0.3, -0.25) is 4.79 Å². The summed E-state index contributed by atoms with van der Waals surface area (Å²) in [6.45, 7) is -0.469. The fourth-order valence-corrected chi connectivity index (χ4v) is 3.02. The lowest BCUT2D eigenvalue weighted by Crippen LogP contribution is -2.42. The lowest BCUT2D eigenvalue weighted by atomic mass is 9.99. The summed E-state index contributed by atoms with van der Waals surface area (Å²) in [6, 6.07) is 13.2. The summed E-state index contributed by atoms with van der Waals surface area (Å²) in [7, 11) is 0. The van der Waals surface area contributed by atoms with Crippen molar-refractivity contribution < 1.29 is 27.8 Å². The zero-order valence-corrected chi connectivity index (χ0v) is 14.7. The van der Waals surface area contributed by atoms with Crippen molar-refractivity contribution in [3.8, 4) is 5.75 Å². The molecule has 0 aliphatic carbocycles. The number of nitrogens with zero attached hydrogens (tertiary/aromatic N) is 1. The molecule has 0 fully saturated rings. The molecule has 1 aliphatic rings. The second-order valence-electron chi connectivity index (χ2n) is 6.23. The van der Waals surface area contributed by atoms with Gasteiger partial charge in [0, 0.05) is 13.1 Å². The molecule has 1 heterocycles. The van der Waals surface area contributed by atoms with Gasteiger partial charge in [-0.1, -0.05) is 30.3 Å². The number of carbonyl (C=O) groups excluding carboxylic acids is 2. The van der Waals surface area contributed by atoms with E-state index >= 15 is 0 Å². The molecule has 5 nitrogen and oxygen atoms in total. The third-order valence-electron chi connectivity index (χ3n) is 4.37. The summed E-state index contributed by atoms with van der Waals surface area (Å²) in [6.07, 6.45) is -0.238. The first-order chi connectivity index (χ1) is 12.9. The average Bonchev–Trinajstić information content (AvgIpc) is 2.66. The molecule has 1 amide bonds. The Hall–Kier alpha value is -2.96. The Bertz CT molecular complexity index is 840. The van der Waals surface area contributed by atoms with Gasteiger partial charge in [0.1, 0.15) is 5.75 Å². The molecule has 2 aromatic rings. The summed E-state index contributed by atoms with van der Waals surface area (Å²) in [5, 5.41) is 0. The molecule has 1 unspecified atom stereocenters. The quantitative estimate of drug-likeness (QED) is 0.752. The molecule has 3 rings (SSSR count). The summed E-state index contributed by atoms with van der Waals surface area (Å²) in [5.41, 5.74) is 2.33. The van der Waals surface area contributed by atoms with E-state index in [0.717, 1.165) is 18.1 Å². The van der Waals surface area contributed by atoms with Gasteiger partial charge < -0.3 is 14.4 Å². The van der Waals surface area contributed by atoms with E-state index in [0.29, 0.717) is 13.1 Å². The standard InChI is InChI=1S/C20H19F2NO4/c1-13(18(24)23-10-9-14-5-2-3-6-16(14)12-23)26-19(25)15-7-4-8-17(11-15)27-20(21)22/h2-8,11,13,20H,9-10,12H2,1H3. The number of hydrogen-bond acceptors (Lipinski definition) is 4. The number of alkyl halides is 2. The molecule has 0 radical (unpaired) electrons. The van der Waals surface area contributed by atoms with Crippen molar-refractivity contribution in [2.75, 3.05) is 6.54 Å². The van der Waals surface area contributed by atoms with Crippen LogP contribution in [-0.4, -0.2) is 36.0 Å². The fourth-order valence-electron chi connectivity index (χ4n) is 3.02. The molecule has 0 spiro atoms. The van der Waals surface area contributed by atoms with Crippen LogP contribution in [0.25, 0.3) is 0 Å². The molecule has 0 saturated heterocycles. The highest BCUT2D eigenvalue weighted by atomic mass is 19.3. The molecule has 2 aromatic carbocycles. The van der Waals surface area contributed by atoms with Crippen molar-refractivity contribution in [2.45, 2.75) is 32.6 Å². The number of amides is 1. The first-order valence-electron chi connectivity index (χ1n) is 8.55. The second-order valence-corrected chi connectivity index (χ2v) is 6.23. The molecule has 27 heavy (non-hydrogen) atoms. The number of benzene rings is 2. The molecule has 0 saturated carbocycles. The second kappa shape index (κ2) is 8.16. The molecule has 1 aliphatic heterocycles. The first-order valence-corrected chi connectivity index (χ1v) is 8.55. The molecule has 0 aromatic heterocycles. The predicted octanol–water partition coefficient (Wildman–Crippen LogP) is 3.42. The minimum atomic E-state index is -2.99. The zero-order valence-electron chi connectivity index (χ0n) is 14.7. The van der Waals surface area contributed by atoms with Gasteiger partial charge in [0.25, 0.3) is 5.91 Å². The summed E-state index contributed by atoms with van der Waals surface area (Å²) in [5.74, 6) is -1.21. The van der Waals surface area contributed by atoms with E-state index in [1.165, 1.54) is 30.7 Å². The van der Waals surface area contributed by atoms with Crippen molar-refractivity contribution in [1.82, 2.24) is 4.90 Å². The van der Waals surface area contributed by atoms with Crippen LogP contribution < -0.4 is 4.74 Å². The van der Waals surface area contributed by atoms with Crippen molar-refractivity contribution in [3.63, 3.8) is 0 Å². The Morgan fingerprint density at radius 3 is 2.56 bits per heavy atom. The van der Waals surface area contributed by atoms with E-state index in [1.807, 2.05) is 24.3 Å². The number of fused-ring (bicyclic) bond motifs is 1. The zero-order chi connectivity index (χ0) is 19.4. The lowest BCUT2D eigenvalue weighted by Gasteiger charge is -2.30. The molecule has 1 atom stereocenters. The highest BCUT2D eigenvalue weighted by molar-refractivity contribution is 5.92. The number of halogens is 2. The molecular weight excluding hydrogens is 356 g/mol. The Morgan fingerprint density at radius 1 is 1.07 bits per heavy atom. The van der Waals surface area contributed by atoms with E-state index in [9.17, 15) is 18.4 Å². The molecule has 7 heteroatoms.